The molecule has 212 valence electrons. The van der Waals surface area contributed by atoms with Crippen molar-refractivity contribution in [3.8, 4) is 5.75 Å². The largest absolute Gasteiger partial charge is 0.508 e. The molecule has 0 heterocycles. The molecule has 0 aliphatic heterocycles. The first-order chi connectivity index (χ1) is 17.9. The molecule has 0 saturated heterocycles. The molecule has 0 spiro atoms. The predicted molar refractivity (Wildman–Crippen MR) is 144 cm³/mol. The van der Waals surface area contributed by atoms with Crippen LogP contribution >= 0.6 is 0 Å². The van der Waals surface area contributed by atoms with Crippen LogP contribution in [0.5, 0.6) is 5.75 Å². The summed E-state index contributed by atoms with van der Waals surface area (Å²) in [6.45, 7) is 7.26. The van der Waals surface area contributed by atoms with Crippen molar-refractivity contribution in [2.45, 2.75) is 109 Å². The van der Waals surface area contributed by atoms with Crippen molar-refractivity contribution in [2.24, 2.45) is 5.73 Å². The normalized spacial score (nSPS) is 15.7. The van der Waals surface area contributed by atoms with Crippen molar-refractivity contribution in [3.63, 3.8) is 0 Å². The molecular formula is C28H44N4O6. The summed E-state index contributed by atoms with van der Waals surface area (Å²) in [4.78, 5) is 53.4. The molecule has 10 heteroatoms. The number of nitrogens with one attached hydrogen (secondary N) is 2. The summed E-state index contributed by atoms with van der Waals surface area (Å²) in [7, 11) is 0. The predicted octanol–water partition coefficient (Wildman–Crippen LogP) is 3.67. The number of alkyl carbamates (subject to hydrolysis) is 1. The number of unbranched alkanes of at least 4 members (excludes halogenated alkanes) is 1. The highest BCUT2D eigenvalue weighted by Crippen LogP contribution is 2.31. The SMILES string of the molecule is CCCCN(C(=O)C(CCC(N)=O)NC(=O)OC(C)(C)C)C(C(=O)NC1CCCCC1)c1ccccc1O. The number of nitrogens with zero attached hydrogens (tertiary/aromatic N) is 1. The van der Waals surface area contributed by atoms with E-state index in [1.807, 2.05) is 6.92 Å². The summed E-state index contributed by atoms with van der Waals surface area (Å²) in [6, 6.07) is 4.13. The first-order valence-electron chi connectivity index (χ1n) is 13.6. The van der Waals surface area contributed by atoms with E-state index >= 15 is 0 Å². The Labute approximate surface area is 225 Å². The molecule has 38 heavy (non-hydrogen) atoms. The summed E-state index contributed by atoms with van der Waals surface area (Å²) in [6.07, 6.45) is 5.15. The van der Waals surface area contributed by atoms with Gasteiger partial charge in [0.15, 0.2) is 0 Å². The van der Waals surface area contributed by atoms with Crippen molar-refractivity contribution >= 4 is 23.8 Å². The van der Waals surface area contributed by atoms with Crippen molar-refractivity contribution < 1.29 is 29.0 Å². The number of carbonyl (C=O) groups excluding carboxylic acids is 4. The van der Waals surface area contributed by atoms with Crippen molar-refractivity contribution in [3.05, 3.63) is 29.8 Å². The number of carbonyl (C=O) groups is 4. The molecule has 5 N–H and O–H groups in total. The van der Waals surface area contributed by atoms with Crippen molar-refractivity contribution in [1.82, 2.24) is 15.5 Å². The average Bonchev–Trinajstić information content (AvgIpc) is 2.84. The Balaban J connectivity index is 2.46. The standard InChI is InChI=1S/C28H44N4O6/c1-5-6-18-32(26(36)21(16-17-23(29)34)31-27(37)38-28(2,3)4)24(20-14-10-11-15-22(20)33)25(35)30-19-12-8-7-9-13-19/h10-11,14-15,19,21,24,33H,5-9,12-13,16-18H2,1-4H3,(H2,29,34)(H,30,35)(H,31,37). The average molecular weight is 533 g/mol. The lowest BCUT2D eigenvalue weighted by molar-refractivity contribution is -0.143. The van der Waals surface area contributed by atoms with E-state index in [0.29, 0.717) is 6.42 Å². The van der Waals surface area contributed by atoms with Crippen molar-refractivity contribution in [1.29, 1.82) is 0 Å². The highest BCUT2D eigenvalue weighted by atomic mass is 16.6. The van der Waals surface area contributed by atoms with Crippen LogP contribution in [0.1, 0.15) is 97.1 Å². The lowest BCUT2D eigenvalue weighted by Gasteiger charge is -2.36. The van der Waals surface area contributed by atoms with Crippen LogP contribution in [-0.4, -0.2) is 58.1 Å². The Morgan fingerprint density at radius 1 is 1.13 bits per heavy atom. The lowest BCUT2D eigenvalue weighted by Crippen LogP contribution is -2.54. The van der Waals surface area contributed by atoms with Crippen molar-refractivity contribution in [2.75, 3.05) is 6.54 Å². The zero-order chi connectivity index (χ0) is 28.3. The third-order valence-electron chi connectivity index (χ3n) is 6.45. The minimum absolute atomic E-state index is 0.0155. The number of ether oxygens (including phenoxy) is 1. The van der Waals surface area contributed by atoms with Crippen LogP contribution in [0.25, 0.3) is 0 Å². The molecule has 2 rings (SSSR count). The fourth-order valence-electron chi connectivity index (χ4n) is 4.59. The van der Waals surface area contributed by atoms with E-state index in [1.165, 1.54) is 11.0 Å². The van der Waals surface area contributed by atoms with Gasteiger partial charge in [0.25, 0.3) is 0 Å². The molecule has 0 radical (unpaired) electrons. The number of aromatic hydroxyl groups is 1. The quantitative estimate of drug-likeness (QED) is 0.322. The van der Waals surface area contributed by atoms with Gasteiger partial charge in [0.05, 0.1) is 0 Å². The molecule has 0 aromatic heterocycles. The number of hydrogen-bond donors (Lipinski definition) is 4. The van der Waals surface area contributed by atoms with Gasteiger partial charge >= 0.3 is 6.09 Å². The second-order valence-corrected chi connectivity index (χ2v) is 10.9. The number of amides is 4. The fraction of sp³-hybridized carbons (Fsp3) is 0.643. The fourth-order valence-corrected chi connectivity index (χ4v) is 4.59. The zero-order valence-corrected chi connectivity index (χ0v) is 23.1. The third kappa shape index (κ3) is 9.87. The van der Waals surface area contributed by atoms with E-state index in [0.717, 1.165) is 38.5 Å². The zero-order valence-electron chi connectivity index (χ0n) is 23.1. The third-order valence-corrected chi connectivity index (χ3v) is 6.45. The molecule has 1 aliphatic rings. The number of hydrogen-bond acceptors (Lipinski definition) is 6. The second-order valence-electron chi connectivity index (χ2n) is 10.9. The molecule has 1 aromatic carbocycles. The summed E-state index contributed by atoms with van der Waals surface area (Å²) in [5.41, 5.74) is 4.83. The van der Waals surface area contributed by atoms with Crippen LogP contribution in [0.15, 0.2) is 24.3 Å². The van der Waals surface area contributed by atoms with Gasteiger partial charge in [0.2, 0.25) is 17.7 Å². The van der Waals surface area contributed by atoms with E-state index in [4.69, 9.17) is 10.5 Å². The van der Waals surface area contributed by atoms with Crippen LogP contribution in [0.4, 0.5) is 4.79 Å². The smallest absolute Gasteiger partial charge is 0.408 e. The highest BCUT2D eigenvalue weighted by molar-refractivity contribution is 5.93. The maximum absolute atomic E-state index is 14.0. The van der Waals surface area contributed by atoms with E-state index in [1.54, 1.807) is 39.0 Å². The van der Waals surface area contributed by atoms with Gasteiger partial charge in [0.1, 0.15) is 23.4 Å². The number of para-hydroxylation sites is 1. The van der Waals surface area contributed by atoms with Gasteiger partial charge < -0.3 is 31.1 Å². The monoisotopic (exact) mass is 532 g/mol. The van der Waals surface area contributed by atoms with Crippen LogP contribution in [0.2, 0.25) is 0 Å². The van der Waals surface area contributed by atoms with Gasteiger partial charge in [-0.1, -0.05) is 50.8 Å². The second kappa shape index (κ2) is 14.6. The topological polar surface area (TPSA) is 151 Å². The molecule has 1 fully saturated rings. The maximum Gasteiger partial charge on any atom is 0.408 e. The van der Waals surface area contributed by atoms with Gasteiger partial charge in [-0.2, -0.15) is 0 Å². The Morgan fingerprint density at radius 2 is 1.79 bits per heavy atom. The number of phenols is 1. The number of phenolic OH excluding ortho intramolecular Hbond substituents is 1. The molecule has 1 aromatic rings. The number of benzene rings is 1. The van der Waals surface area contributed by atoms with Crippen LogP contribution in [0.3, 0.4) is 0 Å². The number of rotatable bonds is 12. The first kappa shape index (κ1) is 30.9. The Kier molecular flexibility index (Phi) is 11.9. The Bertz CT molecular complexity index is 955. The summed E-state index contributed by atoms with van der Waals surface area (Å²) < 4.78 is 5.34. The summed E-state index contributed by atoms with van der Waals surface area (Å²) in [5, 5.41) is 16.4. The minimum Gasteiger partial charge on any atom is -0.508 e. The Morgan fingerprint density at radius 3 is 2.37 bits per heavy atom. The molecule has 2 unspecified atom stereocenters. The van der Waals surface area contributed by atoms with E-state index in [9.17, 15) is 24.3 Å². The van der Waals surface area contributed by atoms with Crippen LogP contribution < -0.4 is 16.4 Å². The molecule has 1 saturated carbocycles. The molecule has 10 nitrogen and oxygen atoms in total. The number of primary amides is 1. The molecular weight excluding hydrogens is 488 g/mol. The van der Waals surface area contributed by atoms with E-state index < -0.39 is 41.5 Å². The van der Waals surface area contributed by atoms with E-state index in [2.05, 4.69) is 10.6 Å². The lowest BCUT2D eigenvalue weighted by atomic mass is 9.94. The van der Waals surface area contributed by atoms with Crippen LogP contribution in [-0.2, 0) is 19.1 Å². The Hall–Kier alpha value is -3.30. The first-order valence-corrected chi connectivity index (χ1v) is 13.6. The molecule has 1 aliphatic carbocycles. The van der Waals surface area contributed by atoms with Gasteiger partial charge in [-0.15, -0.1) is 0 Å². The van der Waals surface area contributed by atoms with Gasteiger partial charge in [-0.05, 0) is 52.5 Å². The number of nitrogens with two attached hydrogens (primary N) is 1. The molecule has 2 atom stereocenters. The summed E-state index contributed by atoms with van der Waals surface area (Å²) >= 11 is 0. The maximum atomic E-state index is 14.0. The van der Waals surface area contributed by atoms with Gasteiger partial charge in [-0.3, -0.25) is 14.4 Å². The van der Waals surface area contributed by atoms with Gasteiger partial charge in [0, 0.05) is 24.6 Å². The van der Waals surface area contributed by atoms with Crippen LogP contribution in [0, 0.1) is 0 Å². The minimum atomic E-state index is -1.16. The summed E-state index contributed by atoms with van der Waals surface area (Å²) in [5.74, 6) is -1.69. The molecule has 0 bridgehead atoms. The van der Waals surface area contributed by atoms with E-state index in [-0.39, 0.29) is 36.7 Å². The highest BCUT2D eigenvalue weighted by Gasteiger charge is 2.38. The molecule has 4 amide bonds. The van der Waals surface area contributed by atoms with Gasteiger partial charge in [-0.25, -0.2) is 4.79 Å².